The van der Waals surface area contributed by atoms with Crippen LogP contribution in [0.15, 0.2) is 34.9 Å². The predicted octanol–water partition coefficient (Wildman–Crippen LogP) is 4.54. The molecule has 1 aliphatic carbocycles. The van der Waals surface area contributed by atoms with Gasteiger partial charge in [0.05, 0.1) is 16.5 Å². The minimum absolute atomic E-state index is 0.0230. The molecule has 0 spiro atoms. The first kappa shape index (κ1) is 30.5. The number of esters is 3. The van der Waals surface area contributed by atoms with Crippen molar-refractivity contribution in [2.24, 2.45) is 0 Å². The van der Waals surface area contributed by atoms with Crippen LogP contribution >= 0.6 is 34.7 Å². The summed E-state index contributed by atoms with van der Waals surface area (Å²) >= 11 is 9.85. The number of aromatic nitrogens is 5. The summed E-state index contributed by atoms with van der Waals surface area (Å²) in [5, 5.41) is 3.77. The van der Waals surface area contributed by atoms with Crippen molar-refractivity contribution in [2.75, 3.05) is 11.9 Å². The average molecular weight is 661 g/mol. The van der Waals surface area contributed by atoms with Gasteiger partial charge in [0.2, 0.25) is 5.28 Å². The van der Waals surface area contributed by atoms with Crippen LogP contribution in [0.1, 0.15) is 46.3 Å². The number of halogens is 1. The molecule has 1 aromatic carbocycles. The quantitative estimate of drug-likeness (QED) is 0.152. The van der Waals surface area contributed by atoms with E-state index in [1.807, 2.05) is 18.2 Å². The number of ether oxygens (including phenoxy) is 4. The molecule has 0 radical (unpaired) electrons. The molecular formula is C28H29ClN6O7S2. The van der Waals surface area contributed by atoms with Gasteiger partial charge in [0.25, 0.3) is 0 Å². The maximum absolute atomic E-state index is 12.1. The molecule has 16 heteroatoms. The van der Waals surface area contributed by atoms with Crippen molar-refractivity contribution in [3.05, 3.63) is 35.9 Å². The SMILES string of the molecule is CC(=O)OC[C@H]1O[C@@H](n2cnc3c(N[C@@H]4CCC[C@@H]4Sc4nc5ccccc5s4)nc(Cl)nc32)[C@H](OC(C)=O)[C@@H]1OC(C)=O. The lowest BCUT2D eigenvalue weighted by Crippen LogP contribution is -2.40. The predicted molar refractivity (Wildman–Crippen MR) is 163 cm³/mol. The van der Waals surface area contributed by atoms with E-state index in [4.69, 9.17) is 35.5 Å². The average Bonchev–Trinajstić information content (AvgIpc) is 3.74. The van der Waals surface area contributed by atoms with Crippen LogP contribution in [0.5, 0.6) is 0 Å². The normalized spacial score (nSPS) is 24.9. The van der Waals surface area contributed by atoms with Crippen LogP contribution in [0.2, 0.25) is 5.28 Å². The van der Waals surface area contributed by atoms with E-state index in [9.17, 15) is 14.4 Å². The number of hydrogen-bond acceptors (Lipinski definition) is 14. The highest BCUT2D eigenvalue weighted by Crippen LogP contribution is 2.41. The Morgan fingerprint density at radius 3 is 2.59 bits per heavy atom. The molecule has 0 bridgehead atoms. The number of anilines is 1. The van der Waals surface area contributed by atoms with Crippen LogP contribution in [-0.2, 0) is 33.3 Å². The molecule has 2 fully saturated rings. The van der Waals surface area contributed by atoms with Crippen molar-refractivity contribution in [1.29, 1.82) is 0 Å². The van der Waals surface area contributed by atoms with Crippen molar-refractivity contribution < 1.29 is 33.3 Å². The molecule has 4 heterocycles. The number of rotatable bonds is 9. The summed E-state index contributed by atoms with van der Waals surface area (Å²) in [5.74, 6) is -1.33. The Labute approximate surface area is 265 Å². The number of nitrogens with zero attached hydrogens (tertiary/aromatic N) is 5. The first-order valence-electron chi connectivity index (χ1n) is 14.0. The summed E-state index contributed by atoms with van der Waals surface area (Å²) in [6.07, 6.45) is 0.339. The molecule has 1 saturated heterocycles. The summed E-state index contributed by atoms with van der Waals surface area (Å²) in [7, 11) is 0. The zero-order chi connectivity index (χ0) is 31.0. The summed E-state index contributed by atoms with van der Waals surface area (Å²) in [5.41, 5.74) is 1.74. The number of imidazole rings is 1. The molecule has 13 nitrogen and oxygen atoms in total. The van der Waals surface area contributed by atoms with Gasteiger partial charge in [0.15, 0.2) is 39.8 Å². The van der Waals surface area contributed by atoms with Crippen molar-refractivity contribution in [3.8, 4) is 0 Å². The van der Waals surface area contributed by atoms with Gasteiger partial charge in [0, 0.05) is 32.1 Å². The summed E-state index contributed by atoms with van der Waals surface area (Å²) < 4.78 is 26.1. The summed E-state index contributed by atoms with van der Waals surface area (Å²) in [4.78, 5) is 53.8. The Bertz CT molecular complexity index is 1680. The minimum Gasteiger partial charge on any atom is -0.463 e. The second-order valence-electron chi connectivity index (χ2n) is 10.5. The fraction of sp³-hybridized carbons (Fsp3) is 0.464. The van der Waals surface area contributed by atoms with Gasteiger partial charge < -0.3 is 24.3 Å². The Kier molecular flexibility index (Phi) is 8.89. The highest BCUT2D eigenvalue weighted by Gasteiger charge is 2.51. The monoisotopic (exact) mass is 660 g/mol. The second-order valence-corrected chi connectivity index (χ2v) is 13.3. The van der Waals surface area contributed by atoms with Crippen LogP contribution in [-0.4, -0.2) is 78.6 Å². The molecule has 44 heavy (non-hydrogen) atoms. The molecule has 1 saturated carbocycles. The fourth-order valence-electron chi connectivity index (χ4n) is 5.53. The van der Waals surface area contributed by atoms with E-state index in [0.29, 0.717) is 17.0 Å². The van der Waals surface area contributed by atoms with E-state index >= 15 is 0 Å². The van der Waals surface area contributed by atoms with Crippen LogP contribution in [0, 0.1) is 0 Å². The molecule has 1 aliphatic heterocycles. The van der Waals surface area contributed by atoms with Crippen molar-refractivity contribution in [3.63, 3.8) is 0 Å². The maximum Gasteiger partial charge on any atom is 0.303 e. The molecule has 3 aromatic heterocycles. The van der Waals surface area contributed by atoms with Gasteiger partial charge in [-0.15, -0.1) is 11.3 Å². The number of thioether (sulfide) groups is 1. The Balaban J connectivity index is 1.28. The number of fused-ring (bicyclic) bond motifs is 2. The topological polar surface area (TPSA) is 157 Å². The number of benzene rings is 1. The Morgan fingerprint density at radius 2 is 1.84 bits per heavy atom. The third-order valence-corrected chi connectivity index (χ3v) is 10.0. The molecule has 1 N–H and O–H groups in total. The van der Waals surface area contributed by atoms with Gasteiger partial charge in [-0.05, 0) is 36.6 Å². The van der Waals surface area contributed by atoms with Crippen molar-refractivity contribution in [1.82, 2.24) is 24.5 Å². The van der Waals surface area contributed by atoms with Gasteiger partial charge in [-0.1, -0.05) is 30.3 Å². The molecule has 2 aliphatic rings. The molecule has 4 aromatic rings. The van der Waals surface area contributed by atoms with Gasteiger partial charge in [-0.25, -0.2) is 9.97 Å². The van der Waals surface area contributed by atoms with E-state index in [2.05, 4.69) is 26.3 Å². The minimum atomic E-state index is -1.09. The van der Waals surface area contributed by atoms with E-state index < -0.39 is 42.4 Å². The Morgan fingerprint density at radius 1 is 1.07 bits per heavy atom. The highest BCUT2D eigenvalue weighted by atomic mass is 35.5. The van der Waals surface area contributed by atoms with Gasteiger partial charge >= 0.3 is 17.9 Å². The molecule has 6 atom stereocenters. The molecule has 0 unspecified atom stereocenters. The van der Waals surface area contributed by atoms with E-state index in [0.717, 1.165) is 33.8 Å². The molecular weight excluding hydrogens is 632 g/mol. The van der Waals surface area contributed by atoms with E-state index in [1.54, 1.807) is 27.7 Å². The fourth-order valence-corrected chi connectivity index (χ4v) is 8.29. The number of nitrogens with one attached hydrogen (secondary N) is 1. The number of thiazole rings is 1. The Hall–Kier alpha value is -3.53. The highest BCUT2D eigenvalue weighted by molar-refractivity contribution is 8.01. The zero-order valence-corrected chi connectivity index (χ0v) is 26.4. The lowest BCUT2D eigenvalue weighted by atomic mass is 10.1. The third kappa shape index (κ3) is 6.46. The lowest BCUT2D eigenvalue weighted by Gasteiger charge is -2.24. The van der Waals surface area contributed by atoms with Crippen LogP contribution in [0.4, 0.5) is 5.82 Å². The maximum atomic E-state index is 12.1. The largest absolute Gasteiger partial charge is 0.463 e. The first-order valence-corrected chi connectivity index (χ1v) is 16.1. The number of hydrogen-bond donors (Lipinski definition) is 1. The smallest absolute Gasteiger partial charge is 0.303 e. The summed E-state index contributed by atoms with van der Waals surface area (Å²) in [6.45, 7) is 3.48. The van der Waals surface area contributed by atoms with Crippen LogP contribution in [0.3, 0.4) is 0 Å². The van der Waals surface area contributed by atoms with Crippen molar-refractivity contribution in [2.45, 2.75) is 80.2 Å². The first-order chi connectivity index (χ1) is 21.2. The zero-order valence-electron chi connectivity index (χ0n) is 24.0. The van der Waals surface area contributed by atoms with Gasteiger partial charge in [-0.2, -0.15) is 9.97 Å². The number of carbonyl (C=O) groups excluding carboxylic acids is 3. The number of carbonyl (C=O) groups is 3. The van der Waals surface area contributed by atoms with E-state index in [1.165, 1.54) is 27.1 Å². The van der Waals surface area contributed by atoms with Crippen molar-refractivity contribution >= 4 is 79.8 Å². The number of para-hydroxylation sites is 1. The summed E-state index contributed by atoms with van der Waals surface area (Å²) in [6, 6.07) is 8.17. The third-order valence-electron chi connectivity index (χ3n) is 7.31. The van der Waals surface area contributed by atoms with Crippen LogP contribution < -0.4 is 5.32 Å². The lowest BCUT2D eigenvalue weighted by molar-refractivity contribution is -0.166. The molecule has 232 valence electrons. The van der Waals surface area contributed by atoms with E-state index in [-0.39, 0.29) is 23.2 Å². The molecule has 0 amide bonds. The van der Waals surface area contributed by atoms with Gasteiger partial charge in [0.1, 0.15) is 12.7 Å². The standard InChI is InChI=1S/C28H29ClN6O7S2/c1-13(36)39-11-18-22(40-14(2)37)23(41-15(3)38)26(42-18)35-12-30-21-24(33-27(29)34-25(21)35)31-16-8-6-10-20(16)44-28-32-17-7-4-5-9-19(17)43-28/h4-5,7,9,12,16,18,20,22-23,26H,6,8,10-11H2,1-3H3,(H,31,33,34)/t16-,18-,20+,22-,23-,26-/m1/s1. The second kappa shape index (κ2) is 12.8. The van der Waals surface area contributed by atoms with Crippen LogP contribution in [0.25, 0.3) is 21.4 Å². The molecule has 6 rings (SSSR count). The van der Waals surface area contributed by atoms with Gasteiger partial charge in [-0.3, -0.25) is 19.0 Å².